The maximum absolute atomic E-state index is 13.5. The van der Waals surface area contributed by atoms with Crippen LogP contribution in [0.2, 0.25) is 10.0 Å². The summed E-state index contributed by atoms with van der Waals surface area (Å²) in [6.07, 6.45) is 2.49. The molecule has 4 amide bonds. The van der Waals surface area contributed by atoms with Gasteiger partial charge in [0.2, 0.25) is 11.8 Å². The number of ether oxygens (including phenoxy) is 2. The lowest BCUT2D eigenvalue weighted by Gasteiger charge is -2.15. The maximum Gasteiger partial charge on any atom is 0.407 e. The quantitative estimate of drug-likeness (QED) is 0.133. The summed E-state index contributed by atoms with van der Waals surface area (Å²) < 4.78 is 13.7. The number of nitrogens with one attached hydrogen (secondary N) is 2. The van der Waals surface area contributed by atoms with Gasteiger partial charge in [-0.1, -0.05) is 71.7 Å². The van der Waals surface area contributed by atoms with Crippen LogP contribution in [0.4, 0.5) is 4.79 Å². The van der Waals surface area contributed by atoms with Crippen molar-refractivity contribution >= 4 is 52.7 Å². The Balaban J connectivity index is 0.976. The number of alkyl carbamates (subject to hydrolysis) is 1. The Morgan fingerprint density at radius 1 is 0.828 bits per heavy atom. The van der Waals surface area contributed by atoms with Gasteiger partial charge in [-0.15, -0.1) is 5.10 Å². The van der Waals surface area contributed by atoms with E-state index in [1.807, 2.05) is 42.5 Å². The van der Waals surface area contributed by atoms with E-state index in [4.69, 9.17) is 32.7 Å². The average molecular weight is 821 g/mol. The molecule has 0 unspecified atom stereocenters. The second-order valence-electron chi connectivity index (χ2n) is 13.8. The van der Waals surface area contributed by atoms with Crippen LogP contribution in [-0.2, 0) is 22.7 Å². The van der Waals surface area contributed by atoms with E-state index in [1.54, 1.807) is 48.7 Å². The number of aromatic nitrogens is 4. The summed E-state index contributed by atoms with van der Waals surface area (Å²) in [6, 6.07) is 24.7. The predicted octanol–water partition coefficient (Wildman–Crippen LogP) is 6.40. The molecule has 2 aliphatic heterocycles. The highest BCUT2D eigenvalue weighted by molar-refractivity contribution is 6.39. The smallest absolute Gasteiger partial charge is 0.407 e. The van der Waals surface area contributed by atoms with Crippen molar-refractivity contribution in [2.45, 2.75) is 38.5 Å². The fourth-order valence-corrected chi connectivity index (χ4v) is 7.84. The minimum absolute atomic E-state index is 0.0351. The van der Waals surface area contributed by atoms with Crippen molar-refractivity contribution in [3.8, 4) is 39.4 Å². The first kappa shape index (κ1) is 38.4. The van der Waals surface area contributed by atoms with E-state index in [2.05, 4.69) is 20.7 Å². The first-order valence-corrected chi connectivity index (χ1v) is 19.2. The zero-order valence-electron chi connectivity index (χ0n) is 31.0. The van der Waals surface area contributed by atoms with Crippen molar-refractivity contribution in [2.75, 3.05) is 20.2 Å². The Morgan fingerprint density at radius 3 is 2.19 bits per heavy atom. The van der Waals surface area contributed by atoms with Gasteiger partial charge in [0.1, 0.15) is 6.61 Å². The van der Waals surface area contributed by atoms with Gasteiger partial charge in [-0.05, 0) is 49.2 Å². The molecule has 1 saturated heterocycles. The van der Waals surface area contributed by atoms with Crippen molar-refractivity contribution in [1.82, 2.24) is 34.7 Å². The number of halogens is 2. The Labute approximate surface area is 341 Å². The molecule has 3 aromatic carbocycles. The van der Waals surface area contributed by atoms with E-state index in [-0.39, 0.29) is 61.6 Å². The van der Waals surface area contributed by atoms with Crippen LogP contribution in [0.25, 0.3) is 39.2 Å². The number of hydrogen-bond acceptors (Lipinski definition) is 9. The summed E-state index contributed by atoms with van der Waals surface area (Å²) in [5, 5.41) is 10.7. The van der Waals surface area contributed by atoms with Gasteiger partial charge in [0.25, 0.3) is 11.8 Å². The Hall–Kier alpha value is -6.51. The monoisotopic (exact) mass is 819 g/mol. The minimum atomic E-state index is -0.626. The van der Waals surface area contributed by atoms with Gasteiger partial charge >= 0.3 is 11.8 Å². The summed E-state index contributed by atoms with van der Waals surface area (Å²) in [7, 11) is 1.47. The summed E-state index contributed by atoms with van der Waals surface area (Å²) in [4.78, 5) is 68.6. The van der Waals surface area contributed by atoms with Gasteiger partial charge in [-0.25, -0.2) is 23.7 Å². The maximum atomic E-state index is 13.5. The number of benzene rings is 3. The third-order valence-electron chi connectivity index (χ3n) is 10.2. The summed E-state index contributed by atoms with van der Waals surface area (Å²) in [5.41, 5.74) is 5.13. The van der Waals surface area contributed by atoms with E-state index < -0.39 is 6.09 Å². The number of fused-ring (bicyclic) bond motifs is 2. The van der Waals surface area contributed by atoms with E-state index in [0.717, 1.165) is 0 Å². The van der Waals surface area contributed by atoms with Crippen LogP contribution in [0.3, 0.4) is 0 Å². The number of pyridine rings is 2. The molecule has 0 aliphatic carbocycles. The summed E-state index contributed by atoms with van der Waals surface area (Å²) in [5.74, 6) is -0.463. The van der Waals surface area contributed by atoms with Crippen LogP contribution in [0.1, 0.15) is 45.5 Å². The van der Waals surface area contributed by atoms with Crippen molar-refractivity contribution in [3.63, 3.8) is 0 Å². The van der Waals surface area contributed by atoms with Gasteiger partial charge in [0, 0.05) is 66.1 Å². The van der Waals surface area contributed by atoms with Gasteiger partial charge in [0.05, 0.1) is 39.5 Å². The molecule has 6 aromatic rings. The number of nitrogens with zero attached hydrogens (tertiary/aromatic N) is 5. The molecule has 5 heterocycles. The molecule has 8 rings (SSSR count). The molecule has 3 aromatic heterocycles. The molecule has 2 N–H and O–H groups in total. The van der Waals surface area contributed by atoms with Gasteiger partial charge in [-0.2, -0.15) is 0 Å². The van der Waals surface area contributed by atoms with Gasteiger partial charge < -0.3 is 20.1 Å². The molecule has 0 spiro atoms. The number of carbonyl (C=O) groups excluding carboxylic acids is 4. The zero-order valence-corrected chi connectivity index (χ0v) is 32.5. The van der Waals surface area contributed by atoms with Crippen LogP contribution in [0.15, 0.2) is 95.9 Å². The molecule has 58 heavy (non-hydrogen) atoms. The first-order chi connectivity index (χ1) is 28.1. The number of aryl methyl sites for hydroxylation is 1. The molecule has 0 radical (unpaired) electrons. The number of carbonyl (C=O) groups is 4. The topological polar surface area (TPSA) is 166 Å². The van der Waals surface area contributed by atoms with Crippen molar-refractivity contribution < 1.29 is 28.7 Å². The van der Waals surface area contributed by atoms with Crippen molar-refractivity contribution in [1.29, 1.82) is 0 Å². The Bertz CT molecular complexity index is 2660. The molecule has 16 heteroatoms. The zero-order chi connectivity index (χ0) is 40.5. The molecule has 2 aliphatic rings. The number of imide groups is 1. The normalized spacial score (nSPS) is 14.8. The molecule has 294 valence electrons. The highest BCUT2D eigenvalue weighted by atomic mass is 35.5. The number of methoxy groups -OCH3 is 1. The lowest BCUT2D eigenvalue weighted by Crippen LogP contribution is -2.38. The lowest BCUT2D eigenvalue weighted by atomic mass is 9.97. The molecule has 0 saturated carbocycles. The van der Waals surface area contributed by atoms with Crippen LogP contribution >= 0.6 is 23.2 Å². The summed E-state index contributed by atoms with van der Waals surface area (Å²) in [6.45, 7) is 0.534. The molecule has 1 atom stereocenters. The van der Waals surface area contributed by atoms with E-state index >= 15 is 0 Å². The first-order valence-electron chi connectivity index (χ1n) is 18.5. The average Bonchev–Trinajstić information content (AvgIpc) is 3.88. The van der Waals surface area contributed by atoms with Crippen LogP contribution in [0, 0.1) is 0 Å². The predicted molar refractivity (Wildman–Crippen MR) is 216 cm³/mol. The van der Waals surface area contributed by atoms with Crippen molar-refractivity contribution in [2.24, 2.45) is 0 Å². The van der Waals surface area contributed by atoms with E-state index in [9.17, 15) is 24.0 Å². The summed E-state index contributed by atoms with van der Waals surface area (Å²) >= 11 is 14.2. The van der Waals surface area contributed by atoms with E-state index in [0.29, 0.717) is 85.2 Å². The molecular formula is C42H35Cl2N7O7. The SMILES string of the molecule is COc1nc(-c2cccc(-c3cccc(-c4ccc5nn(CCCN6C(=O)c7ccccc7C6=O)c(=O)n5c4)c3Cl)c2Cl)ccc1COC(=O)NC[C@@H]1CCC(=O)N1. The second-order valence-corrected chi connectivity index (χ2v) is 14.5. The minimum Gasteiger partial charge on any atom is -0.481 e. The number of rotatable bonds is 12. The fraction of sp³-hybridized carbons (Fsp3) is 0.214. The van der Waals surface area contributed by atoms with E-state index in [1.165, 1.54) is 21.1 Å². The number of amides is 4. The molecular weight excluding hydrogens is 785 g/mol. The number of hydrogen-bond donors (Lipinski definition) is 2. The molecule has 1 fully saturated rings. The lowest BCUT2D eigenvalue weighted by molar-refractivity contribution is -0.119. The molecule has 0 bridgehead atoms. The van der Waals surface area contributed by atoms with Crippen LogP contribution in [-0.4, -0.2) is 74.1 Å². The Morgan fingerprint density at radius 2 is 1.50 bits per heavy atom. The van der Waals surface area contributed by atoms with Crippen LogP contribution in [0.5, 0.6) is 5.88 Å². The Kier molecular flexibility index (Phi) is 10.7. The third-order valence-corrected chi connectivity index (χ3v) is 11.0. The largest absolute Gasteiger partial charge is 0.481 e. The van der Waals surface area contributed by atoms with Gasteiger partial charge in [0.15, 0.2) is 5.65 Å². The second kappa shape index (κ2) is 16.2. The highest BCUT2D eigenvalue weighted by Gasteiger charge is 2.34. The standard InChI is InChI=1S/C42H35Cl2N7O7/c1-57-38-25(23-58-41(55)45-21-26-15-18-35(52)46-26)13-16-33(47-38)32-12-5-11-29(37(32)44)28-10-4-9-27(36(28)43)24-14-17-34-48-51(42(56)50(34)22-24)20-6-19-49-39(53)30-7-2-3-8-31(30)40(49)54/h2-5,7-14,16-17,22,26H,6,15,18-21,23H2,1H3,(H,45,55)(H,46,52)/t26-/m0/s1. The van der Waals surface area contributed by atoms with Crippen molar-refractivity contribution in [3.05, 3.63) is 128 Å². The fourth-order valence-electron chi connectivity index (χ4n) is 7.18. The molecule has 14 nitrogen and oxygen atoms in total. The third kappa shape index (κ3) is 7.39. The van der Waals surface area contributed by atoms with Crippen LogP contribution < -0.4 is 21.1 Å². The van der Waals surface area contributed by atoms with Gasteiger partial charge in [-0.3, -0.25) is 19.3 Å². The highest BCUT2D eigenvalue weighted by Crippen LogP contribution is 2.42.